The SMILES string of the molecule is COC(=O)CN1C(=O)NC(=Cc2ccc(C(C)(C)C)cc2)C1=O. The zero-order valence-corrected chi connectivity index (χ0v) is 13.7. The predicted molar refractivity (Wildman–Crippen MR) is 85.4 cm³/mol. The van der Waals surface area contributed by atoms with E-state index in [-0.39, 0.29) is 11.1 Å². The van der Waals surface area contributed by atoms with Gasteiger partial charge in [0.2, 0.25) is 0 Å². The number of nitrogens with zero attached hydrogens (tertiary/aromatic N) is 1. The third-order valence-corrected chi connectivity index (χ3v) is 3.56. The molecular formula is C17H20N2O4. The molecule has 0 radical (unpaired) electrons. The van der Waals surface area contributed by atoms with Crippen molar-refractivity contribution in [2.24, 2.45) is 0 Å². The number of rotatable bonds is 3. The quantitative estimate of drug-likeness (QED) is 0.526. The average molecular weight is 316 g/mol. The minimum atomic E-state index is -0.649. The van der Waals surface area contributed by atoms with Gasteiger partial charge in [-0.05, 0) is 22.6 Å². The van der Waals surface area contributed by atoms with Crippen molar-refractivity contribution in [3.05, 3.63) is 41.1 Å². The molecule has 1 N–H and O–H groups in total. The van der Waals surface area contributed by atoms with E-state index in [1.54, 1.807) is 6.08 Å². The number of methoxy groups -OCH3 is 1. The number of urea groups is 1. The Labute approximate surface area is 135 Å². The molecule has 122 valence electrons. The Kier molecular flexibility index (Phi) is 4.54. The van der Waals surface area contributed by atoms with Crippen molar-refractivity contribution in [2.75, 3.05) is 13.7 Å². The summed E-state index contributed by atoms with van der Waals surface area (Å²) in [5, 5.41) is 2.47. The van der Waals surface area contributed by atoms with E-state index in [9.17, 15) is 14.4 Å². The van der Waals surface area contributed by atoms with Crippen molar-refractivity contribution < 1.29 is 19.1 Å². The fourth-order valence-electron chi connectivity index (χ4n) is 2.15. The second kappa shape index (κ2) is 6.24. The van der Waals surface area contributed by atoms with Gasteiger partial charge in [0.05, 0.1) is 7.11 Å². The van der Waals surface area contributed by atoms with Gasteiger partial charge in [0, 0.05) is 0 Å². The van der Waals surface area contributed by atoms with Crippen molar-refractivity contribution in [1.82, 2.24) is 10.2 Å². The van der Waals surface area contributed by atoms with E-state index in [1.165, 1.54) is 12.7 Å². The molecule has 1 saturated heterocycles. The number of esters is 1. The van der Waals surface area contributed by atoms with Gasteiger partial charge in [-0.2, -0.15) is 0 Å². The molecule has 0 unspecified atom stereocenters. The fraction of sp³-hybridized carbons (Fsp3) is 0.353. The number of nitrogens with one attached hydrogen (secondary N) is 1. The fourth-order valence-corrected chi connectivity index (χ4v) is 2.15. The number of ether oxygens (including phenoxy) is 1. The Bertz CT molecular complexity index is 669. The Hall–Kier alpha value is -2.63. The standard InChI is InChI=1S/C17H20N2O4/c1-17(2,3)12-7-5-11(6-8-12)9-13-15(21)19(16(22)18-13)10-14(20)23-4/h5-9H,10H2,1-4H3,(H,18,22). The summed E-state index contributed by atoms with van der Waals surface area (Å²) in [7, 11) is 1.20. The third kappa shape index (κ3) is 3.77. The Morgan fingerprint density at radius 1 is 1.22 bits per heavy atom. The first-order chi connectivity index (χ1) is 10.7. The number of amides is 3. The lowest BCUT2D eigenvalue weighted by Gasteiger charge is -2.18. The lowest BCUT2D eigenvalue weighted by atomic mass is 9.87. The molecule has 1 heterocycles. The number of carbonyl (C=O) groups excluding carboxylic acids is 3. The zero-order chi connectivity index (χ0) is 17.2. The summed E-state index contributed by atoms with van der Waals surface area (Å²) in [4.78, 5) is 36.0. The second-order valence-corrected chi connectivity index (χ2v) is 6.33. The van der Waals surface area contributed by atoms with Crippen LogP contribution in [0.4, 0.5) is 4.79 Å². The smallest absolute Gasteiger partial charge is 0.329 e. The lowest BCUT2D eigenvalue weighted by Crippen LogP contribution is -2.36. The van der Waals surface area contributed by atoms with Crippen molar-refractivity contribution in [3.8, 4) is 0 Å². The molecule has 0 spiro atoms. The van der Waals surface area contributed by atoms with Crippen LogP contribution in [0.3, 0.4) is 0 Å². The summed E-state index contributed by atoms with van der Waals surface area (Å²) in [6.45, 7) is 5.95. The highest BCUT2D eigenvalue weighted by atomic mass is 16.5. The second-order valence-electron chi connectivity index (χ2n) is 6.33. The number of benzene rings is 1. The largest absolute Gasteiger partial charge is 0.468 e. The molecule has 6 heteroatoms. The van der Waals surface area contributed by atoms with Gasteiger partial charge in [-0.3, -0.25) is 9.59 Å². The van der Waals surface area contributed by atoms with Crippen LogP contribution in [0.1, 0.15) is 31.9 Å². The topological polar surface area (TPSA) is 75.7 Å². The first kappa shape index (κ1) is 16.7. The molecule has 2 rings (SSSR count). The van der Waals surface area contributed by atoms with Gasteiger partial charge >= 0.3 is 12.0 Å². The minimum absolute atomic E-state index is 0.0420. The molecule has 1 aromatic carbocycles. The molecule has 3 amide bonds. The summed E-state index contributed by atoms with van der Waals surface area (Å²) < 4.78 is 4.48. The van der Waals surface area contributed by atoms with Crippen LogP contribution in [0.5, 0.6) is 0 Å². The third-order valence-electron chi connectivity index (χ3n) is 3.56. The van der Waals surface area contributed by atoms with Crippen LogP contribution < -0.4 is 5.32 Å². The molecule has 0 aliphatic carbocycles. The van der Waals surface area contributed by atoms with Crippen molar-refractivity contribution in [2.45, 2.75) is 26.2 Å². The molecule has 6 nitrogen and oxygen atoms in total. The van der Waals surface area contributed by atoms with Crippen molar-refractivity contribution in [1.29, 1.82) is 0 Å². The van der Waals surface area contributed by atoms with Crippen molar-refractivity contribution in [3.63, 3.8) is 0 Å². The highest BCUT2D eigenvalue weighted by Crippen LogP contribution is 2.23. The van der Waals surface area contributed by atoms with Gasteiger partial charge < -0.3 is 10.1 Å². The minimum Gasteiger partial charge on any atom is -0.468 e. The van der Waals surface area contributed by atoms with Gasteiger partial charge in [0.25, 0.3) is 5.91 Å². The molecular weight excluding hydrogens is 296 g/mol. The van der Waals surface area contributed by atoms with Crippen LogP contribution in [0.2, 0.25) is 0 Å². The van der Waals surface area contributed by atoms with E-state index >= 15 is 0 Å². The van der Waals surface area contributed by atoms with Gasteiger partial charge in [0.1, 0.15) is 12.2 Å². The molecule has 0 aromatic heterocycles. The molecule has 0 atom stereocenters. The molecule has 1 aliphatic rings. The summed E-state index contributed by atoms with van der Waals surface area (Å²) in [5.74, 6) is -1.19. The number of hydrogen-bond acceptors (Lipinski definition) is 4. The van der Waals surface area contributed by atoms with E-state index in [2.05, 4.69) is 30.8 Å². The number of hydrogen-bond donors (Lipinski definition) is 1. The first-order valence-electron chi connectivity index (χ1n) is 7.24. The highest BCUT2D eigenvalue weighted by molar-refractivity contribution is 6.15. The first-order valence-corrected chi connectivity index (χ1v) is 7.24. The molecule has 1 fully saturated rings. The van der Waals surface area contributed by atoms with Crippen LogP contribution in [0.25, 0.3) is 6.08 Å². The summed E-state index contributed by atoms with van der Waals surface area (Å²) in [6.07, 6.45) is 1.59. The van der Waals surface area contributed by atoms with Crippen LogP contribution in [-0.2, 0) is 19.7 Å². The summed E-state index contributed by atoms with van der Waals surface area (Å²) in [6, 6.07) is 7.11. The van der Waals surface area contributed by atoms with E-state index in [0.29, 0.717) is 0 Å². The Morgan fingerprint density at radius 2 is 1.83 bits per heavy atom. The predicted octanol–water partition coefficient (Wildman–Crippen LogP) is 2.05. The highest BCUT2D eigenvalue weighted by Gasteiger charge is 2.35. The van der Waals surface area contributed by atoms with E-state index < -0.39 is 24.5 Å². The van der Waals surface area contributed by atoms with E-state index in [4.69, 9.17) is 0 Å². The van der Waals surface area contributed by atoms with Gasteiger partial charge in [0.15, 0.2) is 0 Å². The van der Waals surface area contributed by atoms with E-state index in [1.807, 2.05) is 24.3 Å². The molecule has 1 aliphatic heterocycles. The average Bonchev–Trinajstić information content (AvgIpc) is 2.74. The van der Waals surface area contributed by atoms with Gasteiger partial charge in [-0.15, -0.1) is 0 Å². The van der Waals surface area contributed by atoms with Gasteiger partial charge in [-0.25, -0.2) is 9.69 Å². The Morgan fingerprint density at radius 3 is 2.35 bits per heavy atom. The summed E-state index contributed by atoms with van der Waals surface area (Å²) in [5.41, 5.74) is 2.15. The molecule has 23 heavy (non-hydrogen) atoms. The zero-order valence-electron chi connectivity index (χ0n) is 13.7. The maximum Gasteiger partial charge on any atom is 0.329 e. The monoisotopic (exact) mass is 316 g/mol. The lowest BCUT2D eigenvalue weighted by molar-refractivity contribution is -0.143. The molecule has 1 aromatic rings. The van der Waals surface area contributed by atoms with Crippen LogP contribution >= 0.6 is 0 Å². The Balaban J connectivity index is 2.19. The summed E-state index contributed by atoms with van der Waals surface area (Å²) >= 11 is 0. The molecule has 0 bridgehead atoms. The van der Waals surface area contributed by atoms with Gasteiger partial charge in [-0.1, -0.05) is 45.0 Å². The van der Waals surface area contributed by atoms with E-state index in [0.717, 1.165) is 10.5 Å². The molecule has 0 saturated carbocycles. The van der Waals surface area contributed by atoms with Crippen LogP contribution in [-0.4, -0.2) is 36.5 Å². The van der Waals surface area contributed by atoms with Crippen LogP contribution in [0, 0.1) is 0 Å². The van der Waals surface area contributed by atoms with Crippen molar-refractivity contribution >= 4 is 24.0 Å². The maximum absolute atomic E-state index is 12.2. The normalized spacial score (nSPS) is 16.7. The number of imide groups is 1. The maximum atomic E-state index is 12.2. The van der Waals surface area contributed by atoms with Crippen LogP contribution in [0.15, 0.2) is 30.0 Å². The number of carbonyl (C=O) groups is 3.